The molecular weight excluding hydrogens is 861 g/mol. The Labute approximate surface area is 396 Å². The van der Waals surface area contributed by atoms with Crippen LogP contribution in [0.3, 0.4) is 0 Å². The number of rotatable bonds is 26. The molecule has 3 aliphatic heterocycles. The highest BCUT2D eigenvalue weighted by atomic mass is 16.5. The van der Waals surface area contributed by atoms with E-state index in [-0.39, 0.29) is 60.6 Å². The van der Waals surface area contributed by atoms with Crippen molar-refractivity contribution in [2.24, 2.45) is 17.8 Å². The Kier molecular flexibility index (Phi) is 20.5. The largest absolute Gasteiger partial charge is 0.480 e. The molecule has 9 atom stereocenters. The number of methoxy groups -OCH3 is 2. The first-order valence-electron chi connectivity index (χ1n) is 24.1. The van der Waals surface area contributed by atoms with E-state index in [2.05, 4.69) is 10.6 Å². The molecule has 0 saturated carbocycles. The molecule has 0 spiro atoms. The molecule has 7 amide bonds. The standard InChI is InChI=1S/C50H76N6O11/c1-10-33(4)44(38(66-8)31-42(60)54-28-18-22-37(54)45(67-9)34(5)46(61)51-36(48(63)64)30-35-20-14-13-15-21-35)53(7)47(62)43(32(2)3)52-49(65)50(6)26-19-29-56(50)41(59)23-16-11-12-17-27-55-39(57)24-25-40(55)58/h13-15,20-21,24-25,32-34,36-38,43-45H,10-12,16-19,22-23,26-31H2,1-9H3,(H,51,61)(H,52,65)(H,63,64)/t33?,34?,36?,37-,38?,43?,44?,45?,50-/m0/s1. The van der Waals surface area contributed by atoms with E-state index in [9.17, 15) is 43.5 Å². The molecule has 0 aliphatic carbocycles. The summed E-state index contributed by atoms with van der Waals surface area (Å²) in [5.41, 5.74) is -0.392. The fourth-order valence-corrected chi connectivity index (χ4v) is 9.97. The quantitative estimate of drug-likeness (QED) is 0.0889. The van der Waals surface area contributed by atoms with Crippen LogP contribution >= 0.6 is 0 Å². The Morgan fingerprint density at radius 1 is 0.881 bits per heavy atom. The molecular formula is C50H76N6O11. The van der Waals surface area contributed by atoms with Gasteiger partial charge >= 0.3 is 5.97 Å². The van der Waals surface area contributed by atoms with Crippen LogP contribution in [-0.2, 0) is 54.3 Å². The molecule has 1 aromatic rings. The Bertz CT molecular complexity index is 1910. The molecule has 0 bridgehead atoms. The molecule has 3 heterocycles. The Balaban J connectivity index is 1.40. The predicted octanol–water partition coefficient (Wildman–Crippen LogP) is 4.12. The SMILES string of the molecule is CCC(C)C(C(CC(=O)N1CCC[C@H]1C(OC)C(C)C(=O)NC(Cc1ccccc1)C(=O)O)OC)N(C)C(=O)C(NC(=O)[C@]1(C)CCCN1C(=O)CCCCCCN1C(=O)C=CC1=O)C(C)C. The number of carboxylic acids is 1. The minimum atomic E-state index is -1.16. The van der Waals surface area contributed by atoms with Crippen LogP contribution < -0.4 is 10.6 Å². The number of carboxylic acid groups (broad SMARTS) is 1. The van der Waals surface area contributed by atoms with Crippen LogP contribution in [0.25, 0.3) is 0 Å². The number of nitrogens with zero attached hydrogens (tertiary/aromatic N) is 4. The number of amides is 7. The summed E-state index contributed by atoms with van der Waals surface area (Å²) in [7, 11) is 4.66. The normalized spacial score (nSPS) is 21.5. The number of nitrogens with one attached hydrogen (secondary N) is 2. The molecule has 3 aliphatic rings. The summed E-state index contributed by atoms with van der Waals surface area (Å²) in [4.78, 5) is 112. The van der Waals surface area contributed by atoms with Crippen LogP contribution in [0.2, 0.25) is 0 Å². The van der Waals surface area contributed by atoms with E-state index >= 15 is 0 Å². The number of imide groups is 1. The highest BCUT2D eigenvalue weighted by molar-refractivity contribution is 6.12. The van der Waals surface area contributed by atoms with Crippen LogP contribution in [0.5, 0.6) is 0 Å². The Morgan fingerprint density at radius 3 is 2.13 bits per heavy atom. The minimum absolute atomic E-state index is 0.0715. The average Bonchev–Trinajstić information content (AvgIpc) is 4.04. The van der Waals surface area contributed by atoms with Crippen molar-refractivity contribution in [3.8, 4) is 0 Å². The molecule has 3 N–H and O–H groups in total. The summed E-state index contributed by atoms with van der Waals surface area (Å²) in [6.07, 6.45) is 7.02. The predicted molar refractivity (Wildman–Crippen MR) is 251 cm³/mol. The van der Waals surface area contributed by atoms with E-state index in [0.717, 1.165) is 18.4 Å². The maximum atomic E-state index is 14.6. The first-order chi connectivity index (χ1) is 31.8. The third kappa shape index (κ3) is 13.7. The number of ether oxygens (including phenoxy) is 2. The third-order valence-corrected chi connectivity index (χ3v) is 14.2. The number of aliphatic carboxylic acids is 1. The zero-order valence-corrected chi connectivity index (χ0v) is 41.2. The van der Waals surface area contributed by atoms with E-state index in [0.29, 0.717) is 64.6 Å². The summed E-state index contributed by atoms with van der Waals surface area (Å²) in [6.45, 7) is 12.3. The van der Waals surface area contributed by atoms with Gasteiger partial charge in [0.2, 0.25) is 29.5 Å². The van der Waals surface area contributed by atoms with Gasteiger partial charge < -0.3 is 39.9 Å². The number of hydrogen-bond acceptors (Lipinski definition) is 10. The topological polar surface area (TPSA) is 212 Å². The van der Waals surface area contributed by atoms with Crippen molar-refractivity contribution in [1.29, 1.82) is 0 Å². The van der Waals surface area contributed by atoms with Crippen LogP contribution in [0.1, 0.15) is 118 Å². The van der Waals surface area contributed by atoms with Crippen LogP contribution in [0.15, 0.2) is 42.5 Å². The molecule has 1 aromatic carbocycles. The summed E-state index contributed by atoms with van der Waals surface area (Å²) < 4.78 is 11.9. The molecule has 0 aromatic heterocycles. The summed E-state index contributed by atoms with van der Waals surface area (Å²) in [6, 6.07) is 5.91. The van der Waals surface area contributed by atoms with Gasteiger partial charge in [0.25, 0.3) is 11.8 Å². The molecule has 2 fully saturated rings. The number of carbonyl (C=O) groups excluding carboxylic acids is 7. The van der Waals surface area contributed by atoms with Gasteiger partial charge in [-0.1, -0.05) is 84.2 Å². The second-order valence-corrected chi connectivity index (χ2v) is 19.1. The summed E-state index contributed by atoms with van der Waals surface area (Å²) in [5.74, 6) is -4.64. The first-order valence-corrected chi connectivity index (χ1v) is 24.1. The molecule has 372 valence electrons. The van der Waals surface area contributed by atoms with E-state index in [1.807, 2.05) is 33.8 Å². The fraction of sp³-hybridized carbons (Fsp3) is 0.680. The molecule has 0 radical (unpaired) electrons. The van der Waals surface area contributed by atoms with Crippen molar-refractivity contribution in [3.05, 3.63) is 48.0 Å². The zero-order valence-electron chi connectivity index (χ0n) is 41.2. The maximum Gasteiger partial charge on any atom is 0.326 e. The summed E-state index contributed by atoms with van der Waals surface area (Å²) in [5, 5.41) is 15.6. The Morgan fingerprint density at radius 2 is 1.54 bits per heavy atom. The van der Waals surface area contributed by atoms with Gasteiger partial charge in [-0.25, -0.2) is 4.79 Å². The lowest BCUT2D eigenvalue weighted by Gasteiger charge is -2.41. The average molecular weight is 937 g/mol. The summed E-state index contributed by atoms with van der Waals surface area (Å²) >= 11 is 0. The highest BCUT2D eigenvalue weighted by Crippen LogP contribution is 2.32. The number of likely N-dealkylation sites (N-methyl/N-ethyl adjacent to an activating group) is 1. The molecule has 7 unspecified atom stereocenters. The number of carbonyl (C=O) groups is 8. The fourth-order valence-electron chi connectivity index (χ4n) is 9.97. The smallest absolute Gasteiger partial charge is 0.326 e. The number of likely N-dealkylation sites (tertiary alicyclic amines) is 2. The van der Waals surface area contributed by atoms with Gasteiger partial charge in [-0.15, -0.1) is 0 Å². The van der Waals surface area contributed by atoms with Crippen molar-refractivity contribution in [2.45, 2.75) is 161 Å². The number of benzene rings is 1. The first kappa shape index (κ1) is 54.4. The highest BCUT2D eigenvalue weighted by Gasteiger charge is 2.48. The van der Waals surface area contributed by atoms with Crippen molar-refractivity contribution in [2.75, 3.05) is 40.9 Å². The van der Waals surface area contributed by atoms with Gasteiger partial charge in [0.1, 0.15) is 17.6 Å². The molecule has 17 heteroatoms. The van der Waals surface area contributed by atoms with Crippen molar-refractivity contribution in [3.63, 3.8) is 0 Å². The van der Waals surface area contributed by atoms with E-state index < -0.39 is 65.6 Å². The van der Waals surface area contributed by atoms with E-state index in [1.165, 1.54) is 31.3 Å². The van der Waals surface area contributed by atoms with Gasteiger partial charge in [0.05, 0.1) is 36.6 Å². The second kappa shape index (κ2) is 25.3. The van der Waals surface area contributed by atoms with Crippen molar-refractivity contribution in [1.82, 2.24) is 30.2 Å². The second-order valence-electron chi connectivity index (χ2n) is 19.1. The van der Waals surface area contributed by atoms with E-state index in [4.69, 9.17) is 9.47 Å². The minimum Gasteiger partial charge on any atom is -0.480 e. The van der Waals surface area contributed by atoms with Gasteiger partial charge in [-0.2, -0.15) is 0 Å². The number of hydrogen-bond donors (Lipinski definition) is 3. The third-order valence-electron chi connectivity index (χ3n) is 14.2. The maximum absolute atomic E-state index is 14.6. The lowest BCUT2D eigenvalue weighted by atomic mass is 9.89. The van der Waals surface area contributed by atoms with Crippen LogP contribution in [-0.4, -0.2) is 155 Å². The molecule has 67 heavy (non-hydrogen) atoms. The van der Waals surface area contributed by atoms with E-state index in [1.54, 1.807) is 59.9 Å². The van der Waals surface area contributed by atoms with Crippen LogP contribution in [0, 0.1) is 17.8 Å². The van der Waals surface area contributed by atoms with Gasteiger partial charge in [0.15, 0.2) is 0 Å². The van der Waals surface area contributed by atoms with Crippen molar-refractivity contribution < 1.29 is 52.9 Å². The Hall–Kier alpha value is -5.16. The molecule has 17 nitrogen and oxygen atoms in total. The number of unbranched alkanes of at least 4 members (excludes halogenated alkanes) is 3. The van der Waals surface area contributed by atoms with Gasteiger partial charge in [-0.3, -0.25) is 38.5 Å². The van der Waals surface area contributed by atoms with Crippen LogP contribution in [0.4, 0.5) is 0 Å². The molecule has 2 saturated heterocycles. The lowest BCUT2D eigenvalue weighted by Crippen LogP contribution is -2.62. The zero-order chi connectivity index (χ0) is 49.6. The lowest BCUT2D eigenvalue weighted by molar-refractivity contribution is -0.150. The van der Waals surface area contributed by atoms with Gasteiger partial charge in [-0.05, 0) is 62.8 Å². The monoisotopic (exact) mass is 937 g/mol. The van der Waals surface area contributed by atoms with Gasteiger partial charge in [0, 0.05) is 65.9 Å². The van der Waals surface area contributed by atoms with Crippen molar-refractivity contribution >= 4 is 47.3 Å². The molecule has 4 rings (SSSR count).